The van der Waals surface area contributed by atoms with Crippen LogP contribution in [0.5, 0.6) is 0 Å². The fraction of sp³-hybridized carbons (Fsp3) is 0.467. The molecule has 1 aliphatic rings. The summed E-state index contributed by atoms with van der Waals surface area (Å²) in [5.74, 6) is 0.463. The number of alkyl halides is 1. The van der Waals surface area contributed by atoms with Crippen molar-refractivity contribution >= 4 is 17.7 Å². The van der Waals surface area contributed by atoms with Crippen molar-refractivity contribution in [1.29, 1.82) is 5.26 Å². The molecule has 1 aromatic rings. The average molecular weight is 309 g/mol. The van der Waals surface area contributed by atoms with E-state index in [1.54, 1.807) is 0 Å². The number of amides is 1. The molecule has 1 heterocycles. The smallest absolute Gasteiger partial charge is 0.408 e. The number of nitrogens with zero attached hydrogens (tertiary/aromatic N) is 1. The normalized spacial score (nSPS) is 24.3. The van der Waals surface area contributed by atoms with Gasteiger partial charge >= 0.3 is 6.09 Å². The number of carbonyl (C=O) groups is 1. The maximum absolute atomic E-state index is 11.8. The molecule has 1 fully saturated rings. The number of hydrogen-bond donors (Lipinski definition) is 1. The molecule has 1 N–H and O–H groups in total. The number of benzene rings is 1. The second kappa shape index (κ2) is 7.30. The van der Waals surface area contributed by atoms with Crippen molar-refractivity contribution in [3.8, 4) is 6.07 Å². The third-order valence-electron chi connectivity index (χ3n) is 3.34. The lowest BCUT2D eigenvalue weighted by molar-refractivity contribution is 0.0988. The number of rotatable bonds is 5. The van der Waals surface area contributed by atoms with E-state index >= 15 is 0 Å². The molecule has 6 heteroatoms. The largest absolute Gasteiger partial charge is 0.445 e. The maximum Gasteiger partial charge on any atom is 0.408 e. The van der Waals surface area contributed by atoms with E-state index in [0.29, 0.717) is 18.7 Å². The van der Waals surface area contributed by atoms with E-state index in [1.807, 2.05) is 30.3 Å². The summed E-state index contributed by atoms with van der Waals surface area (Å²) in [5, 5.41) is 11.9. The topological polar surface area (TPSA) is 71.4 Å². The Morgan fingerprint density at radius 3 is 2.95 bits per heavy atom. The molecular formula is C15H17ClN2O3. The summed E-state index contributed by atoms with van der Waals surface area (Å²) in [5.41, 5.74) is -0.133. The lowest BCUT2D eigenvalue weighted by atomic mass is 9.97. The second-order valence-electron chi connectivity index (χ2n) is 5.00. The minimum absolute atomic E-state index is 0.100. The fourth-order valence-corrected chi connectivity index (χ4v) is 2.46. The summed E-state index contributed by atoms with van der Waals surface area (Å²) in [6, 6.07) is 11.5. The molecular weight excluding hydrogens is 292 g/mol. The van der Waals surface area contributed by atoms with Crippen LogP contribution in [0.25, 0.3) is 0 Å². The minimum atomic E-state index is -1.02. The molecule has 1 amide bonds. The summed E-state index contributed by atoms with van der Waals surface area (Å²) < 4.78 is 10.6. The van der Waals surface area contributed by atoms with Gasteiger partial charge in [0, 0.05) is 12.3 Å². The van der Waals surface area contributed by atoms with E-state index in [2.05, 4.69) is 11.4 Å². The first-order valence-corrected chi connectivity index (χ1v) is 7.28. The van der Waals surface area contributed by atoms with Gasteiger partial charge in [-0.1, -0.05) is 30.3 Å². The van der Waals surface area contributed by atoms with Crippen LogP contribution in [0.15, 0.2) is 30.3 Å². The molecule has 0 bridgehead atoms. The van der Waals surface area contributed by atoms with E-state index in [-0.39, 0.29) is 19.3 Å². The summed E-state index contributed by atoms with van der Waals surface area (Å²) in [4.78, 5) is 11.8. The molecule has 0 saturated carbocycles. The van der Waals surface area contributed by atoms with Crippen LogP contribution in [0.4, 0.5) is 4.79 Å². The highest BCUT2D eigenvalue weighted by Crippen LogP contribution is 2.26. The van der Waals surface area contributed by atoms with Gasteiger partial charge in [0.2, 0.25) is 0 Å². The quantitative estimate of drug-likeness (QED) is 0.849. The van der Waals surface area contributed by atoms with Crippen molar-refractivity contribution < 1.29 is 14.3 Å². The lowest BCUT2D eigenvalue weighted by Crippen LogP contribution is -2.48. The lowest BCUT2D eigenvalue weighted by Gasteiger charge is -2.20. The van der Waals surface area contributed by atoms with E-state index in [4.69, 9.17) is 21.1 Å². The van der Waals surface area contributed by atoms with Gasteiger partial charge in [-0.15, -0.1) is 11.6 Å². The van der Waals surface area contributed by atoms with Crippen molar-refractivity contribution in [3.63, 3.8) is 0 Å². The minimum Gasteiger partial charge on any atom is -0.445 e. The predicted molar refractivity (Wildman–Crippen MR) is 77.8 cm³/mol. The molecule has 1 saturated heterocycles. The van der Waals surface area contributed by atoms with Gasteiger partial charge in [-0.05, 0) is 12.0 Å². The number of hydrogen-bond acceptors (Lipinski definition) is 4. The van der Waals surface area contributed by atoms with E-state index < -0.39 is 11.6 Å². The number of halogens is 1. The zero-order valence-corrected chi connectivity index (χ0v) is 12.3. The van der Waals surface area contributed by atoms with Crippen molar-refractivity contribution in [2.24, 2.45) is 0 Å². The van der Waals surface area contributed by atoms with Crippen LogP contribution in [0.3, 0.4) is 0 Å². The van der Waals surface area contributed by atoms with E-state index in [0.717, 1.165) is 5.56 Å². The molecule has 2 rings (SSSR count). The fourth-order valence-electron chi connectivity index (χ4n) is 2.22. The number of ether oxygens (including phenoxy) is 2. The highest BCUT2D eigenvalue weighted by atomic mass is 35.5. The third kappa shape index (κ3) is 4.35. The molecule has 1 aliphatic heterocycles. The van der Waals surface area contributed by atoms with Crippen LogP contribution in [0, 0.1) is 11.3 Å². The van der Waals surface area contributed by atoms with Gasteiger partial charge in [0.05, 0.1) is 18.8 Å². The van der Waals surface area contributed by atoms with E-state index in [1.165, 1.54) is 0 Å². The monoisotopic (exact) mass is 308 g/mol. The summed E-state index contributed by atoms with van der Waals surface area (Å²) in [6.07, 6.45) is 0.370. The van der Waals surface area contributed by atoms with Crippen LogP contribution in [0.2, 0.25) is 0 Å². The highest BCUT2D eigenvalue weighted by molar-refractivity contribution is 6.17. The Labute approximate surface area is 128 Å². The SMILES string of the molecule is N#CC1(NC(=O)OCc2ccccc2)COC(CCCl)C1. The Bertz CT molecular complexity index is 517. The molecule has 0 radical (unpaired) electrons. The molecule has 0 aromatic heterocycles. The molecule has 2 unspecified atom stereocenters. The first-order valence-electron chi connectivity index (χ1n) is 6.75. The van der Waals surface area contributed by atoms with Crippen LogP contribution in [0.1, 0.15) is 18.4 Å². The maximum atomic E-state index is 11.8. The zero-order valence-electron chi connectivity index (χ0n) is 11.5. The third-order valence-corrected chi connectivity index (χ3v) is 3.56. The van der Waals surface area contributed by atoms with Crippen LogP contribution >= 0.6 is 11.6 Å². The number of carbonyl (C=O) groups excluding carboxylic acids is 1. The summed E-state index contributed by atoms with van der Waals surface area (Å²) in [7, 11) is 0. The number of nitrogens with one attached hydrogen (secondary N) is 1. The first kappa shape index (κ1) is 15.6. The second-order valence-corrected chi connectivity index (χ2v) is 5.37. The Morgan fingerprint density at radius 2 is 2.29 bits per heavy atom. The highest BCUT2D eigenvalue weighted by Gasteiger charge is 2.42. The van der Waals surface area contributed by atoms with Crippen molar-refractivity contribution in [3.05, 3.63) is 35.9 Å². The summed E-state index contributed by atoms with van der Waals surface area (Å²) in [6.45, 7) is 0.325. The van der Waals surface area contributed by atoms with Gasteiger partial charge in [-0.3, -0.25) is 0 Å². The van der Waals surface area contributed by atoms with Gasteiger partial charge in [0.25, 0.3) is 0 Å². The predicted octanol–water partition coefficient (Wildman–Crippen LogP) is 2.59. The van der Waals surface area contributed by atoms with Gasteiger partial charge < -0.3 is 14.8 Å². The van der Waals surface area contributed by atoms with Crippen molar-refractivity contribution in [2.45, 2.75) is 31.1 Å². The molecule has 21 heavy (non-hydrogen) atoms. The van der Waals surface area contributed by atoms with Gasteiger partial charge in [0.15, 0.2) is 5.54 Å². The van der Waals surface area contributed by atoms with Gasteiger partial charge in [-0.2, -0.15) is 5.26 Å². The zero-order chi connectivity index (χ0) is 15.1. The van der Waals surface area contributed by atoms with Crippen LogP contribution in [-0.2, 0) is 16.1 Å². The Balaban J connectivity index is 1.85. The molecule has 5 nitrogen and oxygen atoms in total. The van der Waals surface area contributed by atoms with Crippen molar-refractivity contribution in [1.82, 2.24) is 5.32 Å². The molecule has 112 valence electrons. The van der Waals surface area contributed by atoms with E-state index in [9.17, 15) is 10.1 Å². The number of alkyl carbamates (subject to hydrolysis) is 1. The van der Waals surface area contributed by atoms with Crippen LogP contribution < -0.4 is 5.32 Å². The van der Waals surface area contributed by atoms with Gasteiger partial charge in [-0.25, -0.2) is 4.79 Å². The standard InChI is InChI=1S/C15H17ClN2O3/c16-7-6-13-8-15(10-17,11-21-13)18-14(19)20-9-12-4-2-1-3-5-12/h1-5,13H,6-9,11H2,(H,18,19). The Kier molecular flexibility index (Phi) is 5.43. The Morgan fingerprint density at radius 1 is 1.52 bits per heavy atom. The van der Waals surface area contributed by atoms with Crippen molar-refractivity contribution in [2.75, 3.05) is 12.5 Å². The molecule has 2 atom stereocenters. The molecule has 1 aromatic carbocycles. The molecule has 0 spiro atoms. The number of nitriles is 1. The Hall–Kier alpha value is -1.77. The first-order chi connectivity index (χ1) is 10.2. The molecule has 0 aliphatic carbocycles. The summed E-state index contributed by atoms with van der Waals surface area (Å²) >= 11 is 5.67. The van der Waals surface area contributed by atoms with Gasteiger partial charge in [0.1, 0.15) is 6.61 Å². The average Bonchev–Trinajstić information content (AvgIpc) is 2.90. The van der Waals surface area contributed by atoms with Crippen LogP contribution in [-0.4, -0.2) is 30.2 Å².